The number of fused-ring (bicyclic) bond motifs is 1. The molecule has 0 atom stereocenters. The summed E-state index contributed by atoms with van der Waals surface area (Å²) in [4.78, 5) is 4.11. The van der Waals surface area contributed by atoms with Gasteiger partial charge in [0.2, 0.25) is 0 Å². The van der Waals surface area contributed by atoms with E-state index < -0.39 is 0 Å². The molecule has 1 heterocycles. The van der Waals surface area contributed by atoms with Gasteiger partial charge in [0.15, 0.2) is 0 Å². The van der Waals surface area contributed by atoms with Crippen LogP contribution in [0.3, 0.4) is 0 Å². The lowest BCUT2D eigenvalue weighted by atomic mass is 9.96. The Morgan fingerprint density at radius 2 is 0.647 bits per heavy atom. The predicted octanol–water partition coefficient (Wildman–Crippen LogP) is 8.90. The van der Waals surface area contributed by atoms with Crippen molar-refractivity contribution in [3.05, 3.63) is 140 Å². The summed E-state index contributed by atoms with van der Waals surface area (Å²) in [7, 11) is 0. The second-order valence-electron chi connectivity index (χ2n) is 8.53. The van der Waals surface area contributed by atoms with E-state index in [9.17, 15) is 0 Å². The minimum absolute atomic E-state index is 1.18. The zero-order valence-electron chi connectivity index (χ0n) is 18.7. The van der Waals surface area contributed by atoms with Crippen molar-refractivity contribution in [1.29, 1.82) is 0 Å². The van der Waals surface area contributed by atoms with E-state index in [1.807, 2.05) is 24.5 Å². The predicted molar refractivity (Wildman–Crippen MR) is 143 cm³/mol. The zero-order chi connectivity index (χ0) is 22.7. The van der Waals surface area contributed by atoms with Crippen molar-refractivity contribution < 1.29 is 0 Å². The zero-order valence-corrected chi connectivity index (χ0v) is 18.7. The monoisotopic (exact) mass is 433 g/mol. The van der Waals surface area contributed by atoms with Crippen molar-refractivity contribution in [2.75, 3.05) is 0 Å². The Hall–Kier alpha value is -4.49. The molecule has 6 aromatic rings. The number of pyridine rings is 1. The summed E-state index contributed by atoms with van der Waals surface area (Å²) in [5, 5.41) is 2.50. The van der Waals surface area contributed by atoms with Gasteiger partial charge in [0.1, 0.15) is 0 Å². The molecule has 1 heteroatoms. The lowest BCUT2D eigenvalue weighted by molar-refractivity contribution is 1.33. The molecular formula is C33H23N. The van der Waals surface area contributed by atoms with Crippen LogP contribution in [0, 0.1) is 0 Å². The third-order valence-corrected chi connectivity index (χ3v) is 6.40. The fraction of sp³-hybridized carbons (Fsp3) is 0. The molecule has 1 aromatic heterocycles. The van der Waals surface area contributed by atoms with Gasteiger partial charge in [-0.25, -0.2) is 0 Å². The summed E-state index contributed by atoms with van der Waals surface area (Å²) in [6.07, 6.45) is 3.66. The van der Waals surface area contributed by atoms with Crippen LogP contribution in [0.1, 0.15) is 0 Å². The molecule has 0 unspecified atom stereocenters. The number of hydrogen-bond acceptors (Lipinski definition) is 1. The van der Waals surface area contributed by atoms with Crippen LogP contribution in [0.15, 0.2) is 140 Å². The van der Waals surface area contributed by atoms with Gasteiger partial charge in [-0.3, -0.25) is 4.98 Å². The Kier molecular flexibility index (Phi) is 5.21. The van der Waals surface area contributed by atoms with Gasteiger partial charge in [0.25, 0.3) is 0 Å². The van der Waals surface area contributed by atoms with Crippen molar-refractivity contribution in [3.63, 3.8) is 0 Å². The highest BCUT2D eigenvalue weighted by Gasteiger charge is 2.05. The number of aromatic nitrogens is 1. The van der Waals surface area contributed by atoms with Crippen LogP contribution in [0.5, 0.6) is 0 Å². The highest BCUT2D eigenvalue weighted by atomic mass is 14.6. The molecule has 0 aliphatic rings. The summed E-state index contributed by atoms with van der Waals surface area (Å²) < 4.78 is 0. The first-order valence-electron chi connectivity index (χ1n) is 11.5. The van der Waals surface area contributed by atoms with Gasteiger partial charge >= 0.3 is 0 Å². The standard InChI is InChI=1S/C33H23N/c1-2-4-24(5-3-1)25-6-10-27(11-7-25)30-14-16-33-23-31(15-17-32(33)22-30)28-12-8-26(9-13-28)29-18-20-34-21-19-29/h1-23H. The lowest BCUT2D eigenvalue weighted by Gasteiger charge is -2.09. The van der Waals surface area contributed by atoms with E-state index in [2.05, 4.69) is 120 Å². The van der Waals surface area contributed by atoms with Crippen LogP contribution in [-0.2, 0) is 0 Å². The SMILES string of the molecule is c1ccc(-c2ccc(-c3ccc4cc(-c5ccc(-c6ccncc6)cc5)ccc4c3)cc2)cc1. The maximum atomic E-state index is 4.11. The first kappa shape index (κ1) is 20.1. The van der Waals surface area contributed by atoms with E-state index >= 15 is 0 Å². The Morgan fingerprint density at radius 3 is 1.12 bits per heavy atom. The first-order chi connectivity index (χ1) is 16.8. The third kappa shape index (κ3) is 4.00. The molecule has 0 N–H and O–H groups in total. The van der Waals surface area contributed by atoms with E-state index in [0.29, 0.717) is 0 Å². The minimum Gasteiger partial charge on any atom is -0.265 e. The van der Waals surface area contributed by atoms with Gasteiger partial charge in [-0.05, 0) is 79.5 Å². The molecule has 0 bridgehead atoms. The van der Waals surface area contributed by atoms with E-state index in [1.165, 1.54) is 55.3 Å². The molecule has 5 aromatic carbocycles. The van der Waals surface area contributed by atoms with Gasteiger partial charge in [0.05, 0.1) is 0 Å². The highest BCUT2D eigenvalue weighted by Crippen LogP contribution is 2.31. The molecule has 0 saturated carbocycles. The first-order valence-corrected chi connectivity index (χ1v) is 11.5. The molecule has 34 heavy (non-hydrogen) atoms. The van der Waals surface area contributed by atoms with Crippen molar-refractivity contribution >= 4 is 10.8 Å². The van der Waals surface area contributed by atoms with E-state index in [0.717, 1.165) is 0 Å². The smallest absolute Gasteiger partial charge is 0.0273 e. The van der Waals surface area contributed by atoms with Gasteiger partial charge in [-0.1, -0.05) is 103 Å². The third-order valence-electron chi connectivity index (χ3n) is 6.40. The van der Waals surface area contributed by atoms with Crippen LogP contribution < -0.4 is 0 Å². The van der Waals surface area contributed by atoms with Crippen LogP contribution in [0.2, 0.25) is 0 Å². The summed E-state index contributed by atoms with van der Waals surface area (Å²) in [6, 6.07) is 45.6. The number of hydrogen-bond donors (Lipinski definition) is 0. The van der Waals surface area contributed by atoms with Gasteiger partial charge in [-0.2, -0.15) is 0 Å². The fourth-order valence-electron chi connectivity index (χ4n) is 4.49. The summed E-state index contributed by atoms with van der Waals surface area (Å²) >= 11 is 0. The normalized spacial score (nSPS) is 10.9. The summed E-state index contributed by atoms with van der Waals surface area (Å²) in [6.45, 7) is 0. The van der Waals surface area contributed by atoms with E-state index in [1.54, 1.807) is 0 Å². The quantitative estimate of drug-likeness (QED) is 0.270. The number of nitrogens with zero attached hydrogens (tertiary/aromatic N) is 1. The van der Waals surface area contributed by atoms with Gasteiger partial charge in [-0.15, -0.1) is 0 Å². The van der Waals surface area contributed by atoms with Gasteiger partial charge < -0.3 is 0 Å². The van der Waals surface area contributed by atoms with Crippen LogP contribution in [-0.4, -0.2) is 4.98 Å². The maximum absolute atomic E-state index is 4.11. The molecule has 0 aliphatic carbocycles. The molecular weight excluding hydrogens is 410 g/mol. The Labute approximate surface area is 200 Å². The average molecular weight is 434 g/mol. The highest BCUT2D eigenvalue weighted by molar-refractivity contribution is 5.91. The summed E-state index contributed by atoms with van der Waals surface area (Å²) in [5.74, 6) is 0. The topological polar surface area (TPSA) is 12.9 Å². The number of benzene rings is 5. The maximum Gasteiger partial charge on any atom is 0.0273 e. The molecule has 0 saturated heterocycles. The molecule has 1 nitrogen and oxygen atoms in total. The molecule has 0 aliphatic heterocycles. The van der Waals surface area contributed by atoms with E-state index in [4.69, 9.17) is 0 Å². The van der Waals surface area contributed by atoms with Crippen molar-refractivity contribution in [3.8, 4) is 44.5 Å². The largest absolute Gasteiger partial charge is 0.265 e. The van der Waals surface area contributed by atoms with Crippen molar-refractivity contribution in [1.82, 2.24) is 4.98 Å². The summed E-state index contributed by atoms with van der Waals surface area (Å²) in [5.41, 5.74) is 9.80. The molecule has 0 amide bonds. The van der Waals surface area contributed by atoms with Crippen LogP contribution in [0.4, 0.5) is 0 Å². The Bertz CT molecular complexity index is 1430. The van der Waals surface area contributed by atoms with Crippen molar-refractivity contribution in [2.45, 2.75) is 0 Å². The van der Waals surface area contributed by atoms with Gasteiger partial charge in [0, 0.05) is 12.4 Å². The van der Waals surface area contributed by atoms with E-state index in [-0.39, 0.29) is 0 Å². The molecule has 0 spiro atoms. The fourth-order valence-corrected chi connectivity index (χ4v) is 4.49. The molecule has 0 radical (unpaired) electrons. The molecule has 6 rings (SSSR count). The Balaban J connectivity index is 1.27. The second kappa shape index (κ2) is 8.80. The lowest BCUT2D eigenvalue weighted by Crippen LogP contribution is -1.83. The average Bonchev–Trinajstić information content (AvgIpc) is 2.94. The van der Waals surface area contributed by atoms with Crippen molar-refractivity contribution in [2.24, 2.45) is 0 Å². The van der Waals surface area contributed by atoms with Crippen LogP contribution in [0.25, 0.3) is 55.3 Å². The molecule has 160 valence electrons. The second-order valence-corrected chi connectivity index (χ2v) is 8.53. The minimum atomic E-state index is 1.18. The van der Waals surface area contributed by atoms with Crippen LogP contribution >= 0.6 is 0 Å². The molecule has 0 fully saturated rings. The Morgan fingerprint density at radius 1 is 0.294 bits per heavy atom. The number of rotatable bonds is 4.